The number of nitrogens with zero attached hydrogens (tertiary/aromatic N) is 2. The van der Waals surface area contributed by atoms with Crippen LogP contribution < -0.4 is 19.6 Å². The molecule has 1 aliphatic carbocycles. The van der Waals surface area contributed by atoms with Gasteiger partial charge in [-0.15, -0.1) is 0 Å². The highest BCUT2D eigenvalue weighted by Crippen LogP contribution is 2.70. The quantitative estimate of drug-likeness (QED) is 0.356. The van der Waals surface area contributed by atoms with E-state index in [-0.39, 0.29) is 11.5 Å². The van der Waals surface area contributed by atoms with Crippen molar-refractivity contribution in [3.05, 3.63) is 96.1 Å². The molecule has 0 N–H and O–H groups in total. The van der Waals surface area contributed by atoms with Crippen molar-refractivity contribution >= 4 is 39.3 Å². The number of para-hydroxylation sites is 1. The number of hydrogen-bond acceptors (Lipinski definition) is 7. The Labute approximate surface area is 217 Å². The first kappa shape index (κ1) is 21.8. The Balaban J connectivity index is 1.38. The second kappa shape index (κ2) is 7.30. The molecule has 4 heterocycles. The number of aromatic nitrogens is 1. The Morgan fingerprint density at radius 2 is 1.94 bits per heavy atom. The summed E-state index contributed by atoms with van der Waals surface area (Å²) in [6.45, 7) is 1.90. The third-order valence-electron chi connectivity index (χ3n) is 7.49. The van der Waals surface area contributed by atoms with E-state index in [0.29, 0.717) is 26.6 Å². The number of hydrogen-bond donors (Lipinski definition) is 0. The van der Waals surface area contributed by atoms with Crippen molar-refractivity contribution in [2.75, 3.05) is 7.11 Å². The second-order valence-electron chi connectivity index (χ2n) is 9.33. The number of benzene rings is 2. The third kappa shape index (κ3) is 2.70. The van der Waals surface area contributed by atoms with Crippen molar-refractivity contribution in [2.24, 2.45) is 10.9 Å². The van der Waals surface area contributed by atoms with Gasteiger partial charge in [-0.1, -0.05) is 57.6 Å². The first-order valence-corrected chi connectivity index (χ1v) is 13.0. The molecule has 3 aliphatic rings. The number of methoxy groups -OCH3 is 1. The zero-order valence-corrected chi connectivity index (χ0v) is 21.6. The van der Waals surface area contributed by atoms with Crippen LogP contribution in [-0.4, -0.2) is 28.8 Å². The van der Waals surface area contributed by atoms with E-state index >= 15 is 0 Å². The molecule has 180 valence electrons. The summed E-state index contributed by atoms with van der Waals surface area (Å²) in [5, 5.41) is 0. The summed E-state index contributed by atoms with van der Waals surface area (Å²) in [5.74, 6) is 0.962. The fourth-order valence-electron chi connectivity index (χ4n) is 5.79. The molecule has 0 radical (unpaired) electrons. The molecule has 4 aromatic rings. The first-order valence-electron chi connectivity index (χ1n) is 11.4. The molecule has 1 saturated carbocycles. The van der Waals surface area contributed by atoms with Gasteiger partial charge in [0.1, 0.15) is 34.8 Å². The van der Waals surface area contributed by atoms with Crippen LogP contribution in [0.3, 0.4) is 0 Å². The minimum absolute atomic E-state index is 0.192. The lowest BCUT2D eigenvalue weighted by molar-refractivity contribution is -0.144. The van der Waals surface area contributed by atoms with Gasteiger partial charge < -0.3 is 13.9 Å². The lowest BCUT2D eigenvalue weighted by Crippen LogP contribution is -2.47. The van der Waals surface area contributed by atoms with E-state index in [1.165, 1.54) is 18.4 Å². The molecule has 0 saturated heterocycles. The van der Waals surface area contributed by atoms with Gasteiger partial charge in [0.25, 0.3) is 5.56 Å². The van der Waals surface area contributed by atoms with E-state index in [1.807, 2.05) is 67.6 Å². The fraction of sp³-hybridized carbons (Fsp3) is 0.222. The molecule has 2 aromatic heterocycles. The maximum absolute atomic E-state index is 13.8. The van der Waals surface area contributed by atoms with Crippen LogP contribution >= 0.6 is 27.3 Å². The number of furan rings is 1. The van der Waals surface area contributed by atoms with Gasteiger partial charge in [0, 0.05) is 21.7 Å². The molecule has 0 unspecified atom stereocenters. The Morgan fingerprint density at radius 3 is 2.72 bits per heavy atom. The Hall–Kier alpha value is -3.43. The van der Waals surface area contributed by atoms with Crippen LogP contribution in [0.2, 0.25) is 0 Å². The zero-order valence-electron chi connectivity index (χ0n) is 19.2. The van der Waals surface area contributed by atoms with Crippen LogP contribution in [0.4, 0.5) is 0 Å². The Bertz CT molecular complexity index is 1750. The summed E-state index contributed by atoms with van der Waals surface area (Å²) in [5.41, 5.74) is -0.203. The fourth-order valence-corrected chi connectivity index (χ4v) is 7.13. The lowest BCUT2D eigenvalue weighted by Gasteiger charge is -2.26. The predicted molar refractivity (Wildman–Crippen MR) is 137 cm³/mol. The number of esters is 1. The lowest BCUT2D eigenvalue weighted by atomic mass is 9.97. The van der Waals surface area contributed by atoms with Crippen LogP contribution in [0.1, 0.15) is 24.3 Å². The highest BCUT2D eigenvalue weighted by Gasteiger charge is 2.88. The van der Waals surface area contributed by atoms with Gasteiger partial charge in [-0.05, 0) is 37.3 Å². The molecular formula is C27H19BrN2O5S. The minimum Gasteiger partial charge on any atom is -0.481 e. The monoisotopic (exact) mass is 562 g/mol. The predicted octanol–water partition coefficient (Wildman–Crippen LogP) is 3.68. The molecule has 0 bridgehead atoms. The molecule has 1 fully saturated rings. The van der Waals surface area contributed by atoms with Gasteiger partial charge in [0.2, 0.25) is 0 Å². The normalized spacial score (nSPS) is 27.2. The Morgan fingerprint density at radius 1 is 1.17 bits per heavy atom. The van der Waals surface area contributed by atoms with Gasteiger partial charge >= 0.3 is 5.97 Å². The van der Waals surface area contributed by atoms with Gasteiger partial charge in [-0.25, -0.2) is 4.99 Å². The molecule has 1 spiro atoms. The van der Waals surface area contributed by atoms with E-state index in [4.69, 9.17) is 18.9 Å². The van der Waals surface area contributed by atoms with Gasteiger partial charge in [-0.3, -0.25) is 14.2 Å². The van der Waals surface area contributed by atoms with Gasteiger partial charge in [-0.2, -0.15) is 0 Å². The number of thiazole rings is 1. The largest absolute Gasteiger partial charge is 0.481 e. The van der Waals surface area contributed by atoms with Crippen LogP contribution in [-0.2, 0) is 9.53 Å². The first-order chi connectivity index (χ1) is 17.4. The van der Waals surface area contributed by atoms with Crippen LogP contribution in [0.15, 0.2) is 79.3 Å². The smallest absolute Gasteiger partial charge is 0.315 e. The SMILES string of the molecule is COC(=O)[C@H]1[C@]23Oc4ccccc4[C@@H]2n2c(s/c(=C\c4ccc(-c5ccc(Br)cc5)o4)c2=O)=N[C@@]13C. The number of rotatable bonds is 3. The third-order valence-corrected chi connectivity index (χ3v) is 9.00. The van der Waals surface area contributed by atoms with Gasteiger partial charge in [0.05, 0.1) is 11.6 Å². The van der Waals surface area contributed by atoms with Crippen molar-refractivity contribution in [3.63, 3.8) is 0 Å². The van der Waals surface area contributed by atoms with E-state index in [0.717, 1.165) is 15.6 Å². The minimum atomic E-state index is -0.988. The highest BCUT2D eigenvalue weighted by molar-refractivity contribution is 9.10. The molecule has 2 aromatic carbocycles. The van der Waals surface area contributed by atoms with Crippen molar-refractivity contribution in [3.8, 4) is 17.1 Å². The summed E-state index contributed by atoms with van der Waals surface area (Å²) in [7, 11) is 1.37. The number of fused-ring (bicyclic) bond motifs is 4. The molecule has 9 heteroatoms. The topological polar surface area (TPSA) is 83.0 Å². The number of ether oxygens (including phenoxy) is 2. The summed E-state index contributed by atoms with van der Waals surface area (Å²) in [6, 6.07) is 18.7. The van der Waals surface area contributed by atoms with Crippen LogP contribution in [0.5, 0.6) is 5.75 Å². The van der Waals surface area contributed by atoms with Crippen molar-refractivity contribution in [1.82, 2.24) is 4.57 Å². The van der Waals surface area contributed by atoms with E-state index in [9.17, 15) is 9.59 Å². The van der Waals surface area contributed by atoms with Gasteiger partial charge in [0.15, 0.2) is 10.4 Å². The molecule has 4 atom stereocenters. The van der Waals surface area contributed by atoms with E-state index < -0.39 is 23.1 Å². The van der Waals surface area contributed by atoms with E-state index in [2.05, 4.69) is 15.9 Å². The molecule has 2 aliphatic heterocycles. The van der Waals surface area contributed by atoms with Crippen molar-refractivity contribution < 1.29 is 18.7 Å². The molecule has 36 heavy (non-hydrogen) atoms. The number of carbonyl (C=O) groups excluding carboxylic acids is 1. The maximum Gasteiger partial charge on any atom is 0.315 e. The molecule has 7 rings (SSSR count). The van der Waals surface area contributed by atoms with Crippen molar-refractivity contribution in [2.45, 2.75) is 24.1 Å². The molecular weight excluding hydrogens is 544 g/mol. The average molecular weight is 563 g/mol. The van der Waals surface area contributed by atoms with Crippen molar-refractivity contribution in [1.29, 1.82) is 0 Å². The Kier molecular flexibility index (Phi) is 4.43. The second-order valence-corrected chi connectivity index (χ2v) is 11.3. The molecule has 7 nitrogen and oxygen atoms in total. The summed E-state index contributed by atoms with van der Waals surface area (Å²) in [6.07, 6.45) is 1.75. The van der Waals surface area contributed by atoms with Crippen LogP contribution in [0, 0.1) is 5.92 Å². The van der Waals surface area contributed by atoms with E-state index in [1.54, 1.807) is 10.6 Å². The zero-order chi connectivity index (χ0) is 24.8. The standard InChI is InChI=1S/C27H19BrN2O5S/c1-26-21(24(32)33-2)27(26)22(17-5-3-4-6-19(17)35-27)30-23(31)20(36-25(30)29-26)13-16-11-12-18(34-16)14-7-9-15(28)10-8-14/h3-13,21-22H,1-2H3/b20-13-/t21-,22+,26+,27+/m1/s1. The summed E-state index contributed by atoms with van der Waals surface area (Å²) < 4.78 is 20.7. The summed E-state index contributed by atoms with van der Waals surface area (Å²) in [4.78, 5) is 32.0. The van der Waals surface area contributed by atoms with Crippen LogP contribution in [0.25, 0.3) is 17.4 Å². The number of halogens is 1. The number of carbonyl (C=O) groups is 1. The highest BCUT2D eigenvalue weighted by atomic mass is 79.9. The molecule has 0 amide bonds. The maximum atomic E-state index is 13.8. The average Bonchev–Trinajstić information content (AvgIpc) is 3.28. The summed E-state index contributed by atoms with van der Waals surface area (Å²) >= 11 is 4.73.